The van der Waals surface area contributed by atoms with Crippen molar-refractivity contribution in [3.63, 3.8) is 0 Å². The quantitative estimate of drug-likeness (QED) is 0.548. The van der Waals surface area contributed by atoms with Crippen LogP contribution in [-0.4, -0.2) is 16.2 Å². The minimum absolute atomic E-state index is 0.136. The fourth-order valence-corrected chi connectivity index (χ4v) is 1.57. The fraction of sp³-hybridized carbons (Fsp3) is 0.500. The molecule has 3 N–H and O–H groups in total. The van der Waals surface area contributed by atoms with E-state index in [2.05, 4.69) is 10.2 Å². The standard InChI is InChI=1S/C8H11N3O/c9-6-1-2-7-5(3-6)4-8(12)11-10-7/h4,6H,1-3,9H2,(H,11,12). The molecule has 0 saturated carbocycles. The van der Waals surface area contributed by atoms with Crippen LogP contribution in [0.3, 0.4) is 0 Å². The van der Waals surface area contributed by atoms with Crippen molar-refractivity contribution in [1.29, 1.82) is 0 Å². The van der Waals surface area contributed by atoms with Gasteiger partial charge < -0.3 is 5.73 Å². The van der Waals surface area contributed by atoms with E-state index in [1.807, 2.05) is 0 Å². The van der Waals surface area contributed by atoms with Gasteiger partial charge in [-0.3, -0.25) is 4.79 Å². The van der Waals surface area contributed by atoms with E-state index >= 15 is 0 Å². The van der Waals surface area contributed by atoms with Crippen LogP contribution < -0.4 is 11.3 Å². The zero-order valence-corrected chi connectivity index (χ0v) is 6.71. The number of H-pyrrole nitrogens is 1. The molecule has 0 bridgehead atoms. The third kappa shape index (κ3) is 1.25. The Balaban J connectivity index is 2.44. The third-order valence-electron chi connectivity index (χ3n) is 2.21. The zero-order valence-electron chi connectivity index (χ0n) is 6.71. The predicted octanol–water partition coefficient (Wildman–Crippen LogP) is -0.414. The molecule has 1 atom stereocenters. The summed E-state index contributed by atoms with van der Waals surface area (Å²) in [6.07, 6.45) is 2.63. The van der Waals surface area contributed by atoms with Crippen LogP contribution >= 0.6 is 0 Å². The van der Waals surface area contributed by atoms with Gasteiger partial charge in [0.25, 0.3) is 5.56 Å². The molecule has 0 radical (unpaired) electrons. The molecule has 1 unspecified atom stereocenters. The minimum atomic E-state index is -0.136. The first kappa shape index (κ1) is 7.49. The van der Waals surface area contributed by atoms with Crippen LogP contribution in [0.4, 0.5) is 0 Å². The maximum Gasteiger partial charge on any atom is 0.264 e. The van der Waals surface area contributed by atoms with Crippen LogP contribution in [-0.2, 0) is 12.8 Å². The van der Waals surface area contributed by atoms with Crippen LogP contribution in [0.5, 0.6) is 0 Å². The fourth-order valence-electron chi connectivity index (χ4n) is 1.57. The molecule has 12 heavy (non-hydrogen) atoms. The maximum absolute atomic E-state index is 10.9. The van der Waals surface area contributed by atoms with Crippen molar-refractivity contribution in [2.75, 3.05) is 0 Å². The number of nitrogens with one attached hydrogen (secondary N) is 1. The summed E-state index contributed by atoms with van der Waals surface area (Å²) in [6, 6.07) is 1.79. The molecule has 0 aliphatic heterocycles. The Hall–Kier alpha value is -1.16. The molecular weight excluding hydrogens is 154 g/mol. The largest absolute Gasteiger partial charge is 0.327 e. The van der Waals surface area contributed by atoms with Gasteiger partial charge >= 0.3 is 0 Å². The highest BCUT2D eigenvalue weighted by molar-refractivity contribution is 5.21. The van der Waals surface area contributed by atoms with Crippen molar-refractivity contribution in [2.24, 2.45) is 5.73 Å². The van der Waals surface area contributed by atoms with Crippen molar-refractivity contribution in [3.05, 3.63) is 27.7 Å². The number of fused-ring (bicyclic) bond motifs is 1. The Bertz CT molecular complexity index is 344. The summed E-state index contributed by atoms with van der Waals surface area (Å²) in [4.78, 5) is 10.9. The summed E-state index contributed by atoms with van der Waals surface area (Å²) in [5.74, 6) is 0. The summed E-state index contributed by atoms with van der Waals surface area (Å²) in [7, 11) is 0. The molecule has 0 amide bonds. The summed E-state index contributed by atoms with van der Waals surface area (Å²) in [5, 5.41) is 6.39. The van der Waals surface area contributed by atoms with Gasteiger partial charge in [0.05, 0.1) is 5.69 Å². The highest BCUT2D eigenvalue weighted by atomic mass is 16.1. The van der Waals surface area contributed by atoms with Gasteiger partial charge in [-0.25, -0.2) is 5.10 Å². The Labute approximate surface area is 69.8 Å². The van der Waals surface area contributed by atoms with Crippen LogP contribution in [0.15, 0.2) is 10.9 Å². The van der Waals surface area contributed by atoms with E-state index in [9.17, 15) is 4.79 Å². The van der Waals surface area contributed by atoms with E-state index in [0.29, 0.717) is 0 Å². The monoisotopic (exact) mass is 165 g/mol. The van der Waals surface area contributed by atoms with E-state index in [1.54, 1.807) is 6.07 Å². The number of hydrogen-bond donors (Lipinski definition) is 2. The molecular formula is C8H11N3O. The first-order chi connectivity index (χ1) is 5.75. The molecule has 4 nitrogen and oxygen atoms in total. The Morgan fingerprint density at radius 2 is 2.50 bits per heavy atom. The van der Waals surface area contributed by atoms with Gasteiger partial charge in [-0.05, 0) is 24.8 Å². The molecule has 2 rings (SSSR count). The molecule has 0 fully saturated rings. The summed E-state index contributed by atoms with van der Waals surface area (Å²) < 4.78 is 0. The average Bonchev–Trinajstić information content (AvgIpc) is 2.03. The van der Waals surface area contributed by atoms with Gasteiger partial charge in [-0.2, -0.15) is 5.10 Å². The number of aryl methyl sites for hydroxylation is 1. The van der Waals surface area contributed by atoms with Gasteiger partial charge in [0.1, 0.15) is 0 Å². The van der Waals surface area contributed by atoms with E-state index in [4.69, 9.17) is 5.73 Å². The normalized spacial score (nSPS) is 21.9. The van der Waals surface area contributed by atoms with Crippen molar-refractivity contribution in [1.82, 2.24) is 10.2 Å². The van der Waals surface area contributed by atoms with Crippen molar-refractivity contribution < 1.29 is 0 Å². The smallest absolute Gasteiger partial charge is 0.264 e. The second kappa shape index (κ2) is 2.71. The molecule has 0 spiro atoms. The van der Waals surface area contributed by atoms with E-state index < -0.39 is 0 Å². The Kier molecular flexibility index (Phi) is 1.69. The number of nitrogens with two attached hydrogens (primary N) is 1. The number of aromatic amines is 1. The topological polar surface area (TPSA) is 71.8 Å². The highest BCUT2D eigenvalue weighted by Crippen LogP contribution is 2.15. The summed E-state index contributed by atoms with van der Waals surface area (Å²) in [5.41, 5.74) is 7.63. The third-order valence-corrected chi connectivity index (χ3v) is 2.21. The van der Waals surface area contributed by atoms with E-state index in [0.717, 1.165) is 30.5 Å². The summed E-state index contributed by atoms with van der Waals surface area (Å²) in [6.45, 7) is 0. The molecule has 1 heterocycles. The molecule has 1 aromatic heterocycles. The number of aromatic nitrogens is 2. The molecule has 1 aromatic rings. The first-order valence-corrected chi connectivity index (χ1v) is 4.09. The van der Waals surface area contributed by atoms with Gasteiger partial charge in [0.2, 0.25) is 0 Å². The van der Waals surface area contributed by atoms with Crippen LogP contribution in [0, 0.1) is 0 Å². The van der Waals surface area contributed by atoms with Gasteiger partial charge in [0.15, 0.2) is 0 Å². The lowest BCUT2D eigenvalue weighted by Gasteiger charge is -2.18. The molecule has 0 aromatic carbocycles. The van der Waals surface area contributed by atoms with Crippen LogP contribution in [0.1, 0.15) is 17.7 Å². The summed E-state index contributed by atoms with van der Waals surface area (Å²) >= 11 is 0. The van der Waals surface area contributed by atoms with Crippen molar-refractivity contribution in [3.8, 4) is 0 Å². The van der Waals surface area contributed by atoms with Crippen molar-refractivity contribution >= 4 is 0 Å². The SMILES string of the molecule is NC1CCc2n[nH]c(=O)cc2C1. The molecule has 1 aliphatic carbocycles. The lowest BCUT2D eigenvalue weighted by Crippen LogP contribution is -2.30. The van der Waals surface area contributed by atoms with E-state index in [1.165, 1.54) is 0 Å². The van der Waals surface area contributed by atoms with Crippen LogP contribution in [0.25, 0.3) is 0 Å². The highest BCUT2D eigenvalue weighted by Gasteiger charge is 2.16. The average molecular weight is 165 g/mol. The van der Waals surface area contributed by atoms with Gasteiger partial charge in [0, 0.05) is 12.1 Å². The number of hydrogen-bond acceptors (Lipinski definition) is 3. The lowest BCUT2D eigenvalue weighted by atomic mass is 9.93. The van der Waals surface area contributed by atoms with Crippen molar-refractivity contribution in [2.45, 2.75) is 25.3 Å². The molecule has 1 aliphatic rings. The number of nitrogens with zero attached hydrogens (tertiary/aromatic N) is 1. The number of rotatable bonds is 0. The first-order valence-electron chi connectivity index (χ1n) is 4.09. The van der Waals surface area contributed by atoms with Gasteiger partial charge in [-0.15, -0.1) is 0 Å². The molecule has 4 heteroatoms. The predicted molar refractivity (Wildman–Crippen MR) is 44.9 cm³/mol. The second-order valence-electron chi connectivity index (χ2n) is 3.21. The minimum Gasteiger partial charge on any atom is -0.327 e. The maximum atomic E-state index is 10.9. The zero-order chi connectivity index (χ0) is 8.55. The molecule has 0 saturated heterocycles. The van der Waals surface area contributed by atoms with Gasteiger partial charge in [-0.1, -0.05) is 0 Å². The Morgan fingerprint density at radius 3 is 3.33 bits per heavy atom. The Morgan fingerprint density at radius 1 is 1.67 bits per heavy atom. The second-order valence-corrected chi connectivity index (χ2v) is 3.21. The lowest BCUT2D eigenvalue weighted by molar-refractivity contribution is 0.559. The van der Waals surface area contributed by atoms with Crippen LogP contribution in [0.2, 0.25) is 0 Å². The van der Waals surface area contributed by atoms with E-state index in [-0.39, 0.29) is 11.6 Å². The molecule has 64 valence electrons.